The number of aliphatic hydroxyl groups is 1. The fourth-order valence-electron chi connectivity index (χ4n) is 1.19. The lowest BCUT2D eigenvalue weighted by Gasteiger charge is -2.12. The Morgan fingerprint density at radius 2 is 2.08 bits per heavy atom. The van der Waals surface area contributed by atoms with Crippen molar-refractivity contribution in [2.45, 2.75) is 40.0 Å². The Kier molecular flexibility index (Phi) is 6.61. The summed E-state index contributed by atoms with van der Waals surface area (Å²) in [5.41, 5.74) is 2.62. The molecule has 1 atom stereocenters. The monoisotopic (exact) mass is 182 g/mol. The molecular weight excluding hydrogens is 160 g/mol. The van der Waals surface area contributed by atoms with Gasteiger partial charge >= 0.3 is 0 Å². The number of hydrogen-bond acceptors (Lipinski definition) is 1. The van der Waals surface area contributed by atoms with Gasteiger partial charge in [0.05, 0.1) is 0 Å². The molecular formula is C12H22O. The van der Waals surface area contributed by atoms with Crippen LogP contribution in [-0.2, 0) is 0 Å². The second-order valence-electron chi connectivity index (χ2n) is 3.89. The minimum absolute atomic E-state index is 0.267. The van der Waals surface area contributed by atoms with Crippen molar-refractivity contribution >= 4 is 0 Å². The molecule has 1 N–H and O–H groups in total. The normalized spacial score (nSPS) is 12.3. The summed E-state index contributed by atoms with van der Waals surface area (Å²) in [6, 6.07) is 0. The molecule has 0 rings (SSSR count). The summed E-state index contributed by atoms with van der Waals surface area (Å²) < 4.78 is 0. The first-order valence-electron chi connectivity index (χ1n) is 4.99. The van der Waals surface area contributed by atoms with Gasteiger partial charge < -0.3 is 5.11 Å². The predicted octanol–water partition coefficient (Wildman–Crippen LogP) is 3.31. The summed E-state index contributed by atoms with van der Waals surface area (Å²) in [7, 11) is 0. The maximum absolute atomic E-state index is 8.75. The molecule has 0 aromatic heterocycles. The summed E-state index contributed by atoms with van der Waals surface area (Å²) >= 11 is 0. The second-order valence-corrected chi connectivity index (χ2v) is 3.89. The van der Waals surface area contributed by atoms with Crippen LogP contribution in [0.4, 0.5) is 0 Å². The average molecular weight is 182 g/mol. The van der Waals surface area contributed by atoms with E-state index in [0.29, 0.717) is 5.92 Å². The summed E-state index contributed by atoms with van der Waals surface area (Å²) in [6.45, 7) is 10.6. The highest BCUT2D eigenvalue weighted by Crippen LogP contribution is 2.17. The van der Waals surface area contributed by atoms with Crippen LogP contribution in [0.25, 0.3) is 0 Å². The van der Waals surface area contributed by atoms with E-state index in [1.807, 2.05) is 0 Å². The van der Waals surface area contributed by atoms with Crippen molar-refractivity contribution in [3.05, 3.63) is 23.8 Å². The van der Waals surface area contributed by atoms with Crippen LogP contribution < -0.4 is 0 Å². The maximum atomic E-state index is 8.75. The van der Waals surface area contributed by atoms with E-state index in [-0.39, 0.29) is 6.61 Å². The molecule has 0 aliphatic carbocycles. The van der Waals surface area contributed by atoms with Crippen LogP contribution in [0.2, 0.25) is 0 Å². The zero-order chi connectivity index (χ0) is 10.3. The van der Waals surface area contributed by atoms with Gasteiger partial charge in [0, 0.05) is 6.61 Å². The van der Waals surface area contributed by atoms with Crippen LogP contribution in [0.15, 0.2) is 23.8 Å². The van der Waals surface area contributed by atoms with Crippen molar-refractivity contribution in [3.63, 3.8) is 0 Å². The van der Waals surface area contributed by atoms with E-state index < -0.39 is 0 Å². The van der Waals surface area contributed by atoms with Crippen molar-refractivity contribution in [2.75, 3.05) is 6.61 Å². The Morgan fingerprint density at radius 1 is 1.46 bits per heavy atom. The van der Waals surface area contributed by atoms with Crippen LogP contribution in [0, 0.1) is 5.92 Å². The summed E-state index contributed by atoms with van der Waals surface area (Å²) in [5.74, 6) is 0.454. The molecule has 13 heavy (non-hydrogen) atoms. The highest BCUT2D eigenvalue weighted by atomic mass is 16.3. The SMILES string of the molecule is C=C(CCC=C(C)C)C(C)CCO. The Bertz CT molecular complexity index is 176. The number of allylic oxidation sites excluding steroid dienone is 3. The van der Waals surface area contributed by atoms with Gasteiger partial charge in [0.15, 0.2) is 0 Å². The summed E-state index contributed by atoms with van der Waals surface area (Å²) in [4.78, 5) is 0. The standard InChI is InChI=1S/C12H22O/c1-10(2)6-5-7-11(3)12(4)8-9-13/h6,12-13H,3,5,7-9H2,1-2,4H3. The smallest absolute Gasteiger partial charge is 0.0436 e. The van der Waals surface area contributed by atoms with Crippen LogP contribution in [0.5, 0.6) is 0 Å². The van der Waals surface area contributed by atoms with E-state index in [1.165, 1.54) is 11.1 Å². The molecule has 0 fully saturated rings. The fraction of sp³-hybridized carbons (Fsp3) is 0.667. The molecule has 0 aromatic rings. The van der Waals surface area contributed by atoms with Gasteiger partial charge in [0.1, 0.15) is 0 Å². The predicted molar refractivity (Wildman–Crippen MR) is 58.7 cm³/mol. The van der Waals surface area contributed by atoms with Crippen molar-refractivity contribution in [1.29, 1.82) is 0 Å². The van der Waals surface area contributed by atoms with E-state index in [2.05, 4.69) is 33.4 Å². The first-order chi connectivity index (χ1) is 6.07. The Balaban J connectivity index is 3.68. The number of hydrogen-bond donors (Lipinski definition) is 1. The highest BCUT2D eigenvalue weighted by molar-refractivity contribution is 5.02. The molecule has 1 heteroatoms. The van der Waals surface area contributed by atoms with Gasteiger partial charge in [0.25, 0.3) is 0 Å². The molecule has 0 bridgehead atoms. The number of rotatable bonds is 6. The Morgan fingerprint density at radius 3 is 2.54 bits per heavy atom. The van der Waals surface area contributed by atoms with Crippen molar-refractivity contribution in [3.8, 4) is 0 Å². The molecule has 0 radical (unpaired) electrons. The highest BCUT2D eigenvalue weighted by Gasteiger charge is 2.04. The Labute approximate surface area is 82.2 Å². The quantitative estimate of drug-likeness (QED) is 0.625. The third-order valence-corrected chi connectivity index (χ3v) is 2.28. The Hall–Kier alpha value is -0.560. The van der Waals surface area contributed by atoms with Gasteiger partial charge in [-0.2, -0.15) is 0 Å². The average Bonchev–Trinajstić information content (AvgIpc) is 2.04. The van der Waals surface area contributed by atoms with E-state index in [9.17, 15) is 0 Å². The molecule has 0 spiro atoms. The zero-order valence-corrected chi connectivity index (χ0v) is 9.14. The van der Waals surface area contributed by atoms with Gasteiger partial charge in [-0.15, -0.1) is 0 Å². The van der Waals surface area contributed by atoms with Crippen molar-refractivity contribution in [2.24, 2.45) is 5.92 Å². The van der Waals surface area contributed by atoms with Crippen LogP contribution in [0.1, 0.15) is 40.0 Å². The summed E-state index contributed by atoms with van der Waals surface area (Å²) in [5, 5.41) is 8.75. The molecule has 0 aliphatic heterocycles. The first kappa shape index (κ1) is 12.4. The lowest BCUT2D eigenvalue weighted by atomic mass is 9.95. The van der Waals surface area contributed by atoms with Crippen LogP contribution >= 0.6 is 0 Å². The minimum Gasteiger partial charge on any atom is -0.396 e. The molecule has 1 unspecified atom stereocenters. The molecule has 0 saturated heterocycles. The van der Waals surface area contributed by atoms with E-state index in [0.717, 1.165) is 19.3 Å². The maximum Gasteiger partial charge on any atom is 0.0436 e. The lowest BCUT2D eigenvalue weighted by molar-refractivity contribution is 0.270. The van der Waals surface area contributed by atoms with Gasteiger partial charge in [-0.1, -0.05) is 30.7 Å². The van der Waals surface area contributed by atoms with Crippen molar-refractivity contribution in [1.82, 2.24) is 0 Å². The molecule has 0 heterocycles. The largest absolute Gasteiger partial charge is 0.396 e. The topological polar surface area (TPSA) is 20.2 Å². The second kappa shape index (κ2) is 6.90. The van der Waals surface area contributed by atoms with Gasteiger partial charge in [-0.3, -0.25) is 0 Å². The lowest BCUT2D eigenvalue weighted by Crippen LogP contribution is -2.00. The molecule has 0 aliphatic rings. The van der Waals surface area contributed by atoms with E-state index in [1.54, 1.807) is 0 Å². The molecule has 76 valence electrons. The molecule has 0 saturated carbocycles. The first-order valence-corrected chi connectivity index (χ1v) is 4.99. The van der Waals surface area contributed by atoms with Gasteiger partial charge in [-0.05, 0) is 39.0 Å². The molecule has 1 nitrogen and oxygen atoms in total. The third kappa shape index (κ3) is 6.59. The van der Waals surface area contributed by atoms with E-state index in [4.69, 9.17) is 5.11 Å². The summed E-state index contributed by atoms with van der Waals surface area (Å²) in [6.07, 6.45) is 5.20. The van der Waals surface area contributed by atoms with Crippen molar-refractivity contribution < 1.29 is 5.11 Å². The third-order valence-electron chi connectivity index (χ3n) is 2.28. The minimum atomic E-state index is 0.267. The number of aliphatic hydroxyl groups excluding tert-OH is 1. The zero-order valence-electron chi connectivity index (χ0n) is 9.14. The van der Waals surface area contributed by atoms with Crippen LogP contribution in [-0.4, -0.2) is 11.7 Å². The molecule has 0 amide bonds. The van der Waals surface area contributed by atoms with Gasteiger partial charge in [0.2, 0.25) is 0 Å². The van der Waals surface area contributed by atoms with Gasteiger partial charge in [-0.25, -0.2) is 0 Å². The fourth-order valence-corrected chi connectivity index (χ4v) is 1.19. The molecule has 0 aromatic carbocycles. The van der Waals surface area contributed by atoms with Crippen LogP contribution in [0.3, 0.4) is 0 Å². The van der Waals surface area contributed by atoms with E-state index >= 15 is 0 Å².